The molecule has 208 valence electrons. The van der Waals surface area contributed by atoms with Gasteiger partial charge < -0.3 is 4.90 Å². The van der Waals surface area contributed by atoms with Crippen molar-refractivity contribution in [3.63, 3.8) is 0 Å². The highest BCUT2D eigenvalue weighted by Crippen LogP contribution is 2.41. The van der Waals surface area contributed by atoms with Crippen molar-refractivity contribution in [1.29, 1.82) is 0 Å². The zero-order chi connectivity index (χ0) is 29.3. The molecular weight excluding hydrogens is 518 g/mol. The molecule has 0 radical (unpaired) electrons. The Labute approximate surface area is 254 Å². The number of anilines is 3. The van der Waals surface area contributed by atoms with Gasteiger partial charge in [-0.2, -0.15) is 0 Å². The average molecular weight is 554 g/mol. The number of hydrogen-bond donors (Lipinski definition) is 0. The predicted molar refractivity (Wildman–Crippen MR) is 188 cm³/mol. The Morgan fingerprint density at radius 1 is 0.535 bits per heavy atom. The van der Waals surface area contributed by atoms with Crippen LogP contribution >= 0.6 is 0 Å². The van der Waals surface area contributed by atoms with Gasteiger partial charge in [-0.1, -0.05) is 122 Å². The molecule has 0 saturated carbocycles. The van der Waals surface area contributed by atoms with Crippen molar-refractivity contribution in [3.8, 4) is 11.1 Å². The Balaban J connectivity index is 1.43. The third kappa shape index (κ3) is 4.77. The molecule has 0 bridgehead atoms. The Hall–Kier alpha value is -5.14. The number of benzene rings is 7. The quantitative estimate of drug-likeness (QED) is 0.185. The lowest BCUT2D eigenvalue weighted by Crippen LogP contribution is -2.12. The Morgan fingerprint density at radius 3 is 1.91 bits per heavy atom. The highest BCUT2D eigenvalue weighted by molar-refractivity contribution is 6.25. The fourth-order valence-electron chi connectivity index (χ4n) is 6.54. The van der Waals surface area contributed by atoms with E-state index in [2.05, 4.69) is 171 Å². The van der Waals surface area contributed by atoms with Crippen molar-refractivity contribution < 1.29 is 0 Å². The second-order valence-corrected chi connectivity index (χ2v) is 11.3. The molecule has 1 nitrogen and oxygen atoms in total. The van der Waals surface area contributed by atoms with Crippen LogP contribution < -0.4 is 4.90 Å². The minimum Gasteiger partial charge on any atom is -0.310 e. The highest BCUT2D eigenvalue weighted by Gasteiger charge is 2.18. The average Bonchev–Trinajstić information content (AvgIpc) is 3.06. The van der Waals surface area contributed by atoms with Crippen LogP contribution in [0, 0.1) is 6.92 Å². The van der Waals surface area contributed by atoms with Gasteiger partial charge in [0.2, 0.25) is 0 Å². The summed E-state index contributed by atoms with van der Waals surface area (Å²) in [5.41, 5.74) is 9.79. The molecule has 0 aromatic heterocycles. The van der Waals surface area contributed by atoms with Crippen molar-refractivity contribution in [2.24, 2.45) is 0 Å². The largest absolute Gasteiger partial charge is 0.310 e. The van der Waals surface area contributed by atoms with Gasteiger partial charge in [-0.25, -0.2) is 0 Å². The standard InChI is InChI=1S/C42H35N/c1-4-13-35-30(5-2)14-12-21-42(35)43(33-16-7-6-8-17-33)34-18-11-15-31(27-34)32-23-25-39-38-24-22-29(3)26-40(38)36-19-9-10-20-37(36)41(39)28-32/h4,6-28H,5H2,1-3H3/b13-4-. The molecule has 1 heteroatoms. The Bertz CT molecular complexity index is 2120. The van der Waals surface area contributed by atoms with Crippen LogP contribution in [0.1, 0.15) is 30.5 Å². The van der Waals surface area contributed by atoms with E-state index in [-0.39, 0.29) is 0 Å². The van der Waals surface area contributed by atoms with Crippen LogP contribution in [0.15, 0.2) is 140 Å². The topological polar surface area (TPSA) is 3.24 Å². The minimum atomic E-state index is 0.982. The molecule has 0 aliphatic carbocycles. The van der Waals surface area contributed by atoms with Crippen LogP contribution in [0.3, 0.4) is 0 Å². The first-order valence-electron chi connectivity index (χ1n) is 15.2. The second kappa shape index (κ2) is 11.3. The normalized spacial score (nSPS) is 11.6. The van der Waals surface area contributed by atoms with Gasteiger partial charge >= 0.3 is 0 Å². The molecule has 43 heavy (non-hydrogen) atoms. The maximum absolute atomic E-state index is 2.39. The lowest BCUT2D eigenvalue weighted by Gasteiger charge is -2.28. The summed E-state index contributed by atoms with van der Waals surface area (Å²) in [6.07, 6.45) is 5.37. The highest BCUT2D eigenvalue weighted by atomic mass is 15.1. The first-order chi connectivity index (χ1) is 21.2. The first-order valence-corrected chi connectivity index (χ1v) is 15.2. The number of nitrogens with zero attached hydrogens (tertiary/aromatic N) is 1. The molecule has 0 N–H and O–H groups in total. The van der Waals surface area contributed by atoms with Crippen LogP contribution in [0.5, 0.6) is 0 Å². The monoisotopic (exact) mass is 553 g/mol. The number of allylic oxidation sites excluding steroid dienone is 1. The van der Waals surface area contributed by atoms with Crippen LogP contribution in [-0.2, 0) is 6.42 Å². The molecular formula is C42H35N. The summed E-state index contributed by atoms with van der Waals surface area (Å²) in [6, 6.07) is 49.0. The molecule has 0 aliphatic heterocycles. The fraction of sp³-hybridized carbons (Fsp3) is 0.0952. The predicted octanol–water partition coefficient (Wildman–Crippen LogP) is 12.2. The third-order valence-electron chi connectivity index (χ3n) is 8.57. The van der Waals surface area contributed by atoms with E-state index >= 15 is 0 Å². The van der Waals surface area contributed by atoms with Gasteiger partial charge in [-0.15, -0.1) is 0 Å². The first kappa shape index (κ1) is 26.7. The molecule has 0 saturated heterocycles. The van der Waals surface area contributed by atoms with Gasteiger partial charge in [-0.05, 0) is 106 Å². The van der Waals surface area contributed by atoms with E-state index in [9.17, 15) is 0 Å². The summed E-state index contributed by atoms with van der Waals surface area (Å²) in [5.74, 6) is 0. The van der Waals surface area contributed by atoms with E-state index < -0.39 is 0 Å². The van der Waals surface area contributed by atoms with E-state index in [1.54, 1.807) is 0 Å². The molecule has 7 aromatic carbocycles. The molecule has 0 fully saturated rings. The minimum absolute atomic E-state index is 0.982. The number of aryl methyl sites for hydroxylation is 2. The Kier molecular flexibility index (Phi) is 7.01. The van der Waals surface area contributed by atoms with Crippen LogP contribution in [0.25, 0.3) is 49.5 Å². The lowest BCUT2D eigenvalue weighted by atomic mass is 9.91. The molecule has 0 heterocycles. The maximum Gasteiger partial charge on any atom is 0.0536 e. The maximum atomic E-state index is 2.39. The summed E-state index contributed by atoms with van der Waals surface area (Å²) < 4.78 is 0. The van der Waals surface area contributed by atoms with E-state index in [1.165, 1.54) is 65.8 Å². The molecule has 7 aromatic rings. The number of fused-ring (bicyclic) bond motifs is 6. The van der Waals surface area contributed by atoms with Gasteiger partial charge in [0.1, 0.15) is 0 Å². The van der Waals surface area contributed by atoms with Crippen LogP contribution in [0.2, 0.25) is 0 Å². The zero-order valence-corrected chi connectivity index (χ0v) is 25.0. The lowest BCUT2D eigenvalue weighted by molar-refractivity contribution is 1.12. The van der Waals surface area contributed by atoms with Crippen molar-refractivity contribution >= 4 is 55.5 Å². The molecule has 0 amide bonds. The van der Waals surface area contributed by atoms with Crippen LogP contribution in [0.4, 0.5) is 17.1 Å². The van der Waals surface area contributed by atoms with Crippen molar-refractivity contribution in [2.45, 2.75) is 27.2 Å². The summed E-state index contributed by atoms with van der Waals surface area (Å²) in [4.78, 5) is 2.39. The Morgan fingerprint density at radius 2 is 1.16 bits per heavy atom. The summed E-state index contributed by atoms with van der Waals surface area (Å²) >= 11 is 0. The van der Waals surface area contributed by atoms with E-state index in [0.29, 0.717) is 0 Å². The fourth-order valence-corrected chi connectivity index (χ4v) is 6.54. The smallest absolute Gasteiger partial charge is 0.0536 e. The van der Waals surface area contributed by atoms with Gasteiger partial charge in [0.15, 0.2) is 0 Å². The number of hydrogen-bond acceptors (Lipinski definition) is 1. The molecule has 7 rings (SSSR count). The SMILES string of the molecule is C/C=C\c1c(CC)cccc1N(c1ccccc1)c1cccc(-c2ccc3c4ccc(C)cc4c4ccccc4c3c2)c1. The summed E-state index contributed by atoms with van der Waals surface area (Å²) in [7, 11) is 0. The molecule has 0 unspecified atom stereocenters. The van der Waals surface area contributed by atoms with Gasteiger partial charge in [0.25, 0.3) is 0 Å². The van der Waals surface area contributed by atoms with Gasteiger partial charge in [-0.3, -0.25) is 0 Å². The van der Waals surface area contributed by atoms with Gasteiger partial charge in [0.05, 0.1) is 5.69 Å². The number of para-hydroxylation sites is 1. The van der Waals surface area contributed by atoms with E-state index in [4.69, 9.17) is 0 Å². The number of rotatable bonds is 6. The van der Waals surface area contributed by atoms with E-state index in [1.807, 2.05) is 0 Å². The summed E-state index contributed by atoms with van der Waals surface area (Å²) in [5, 5.41) is 7.83. The summed E-state index contributed by atoms with van der Waals surface area (Å²) in [6.45, 7) is 6.50. The molecule has 0 aliphatic rings. The second-order valence-electron chi connectivity index (χ2n) is 11.3. The van der Waals surface area contributed by atoms with E-state index in [0.717, 1.165) is 17.8 Å². The third-order valence-corrected chi connectivity index (χ3v) is 8.57. The van der Waals surface area contributed by atoms with Crippen molar-refractivity contribution in [3.05, 3.63) is 156 Å². The van der Waals surface area contributed by atoms with Crippen molar-refractivity contribution in [1.82, 2.24) is 0 Å². The molecule has 0 atom stereocenters. The van der Waals surface area contributed by atoms with Crippen molar-refractivity contribution in [2.75, 3.05) is 4.90 Å². The molecule has 0 spiro atoms. The zero-order valence-electron chi connectivity index (χ0n) is 25.0. The van der Waals surface area contributed by atoms with Crippen LogP contribution in [-0.4, -0.2) is 0 Å². The van der Waals surface area contributed by atoms with Gasteiger partial charge in [0, 0.05) is 16.9 Å².